The Bertz CT molecular complexity index is 1290. The van der Waals surface area contributed by atoms with Crippen LogP contribution in [0.5, 0.6) is 17.4 Å². The maximum atomic E-state index is 11.5. The average Bonchev–Trinajstić information content (AvgIpc) is 3.12. The van der Waals surface area contributed by atoms with Crippen molar-refractivity contribution in [3.8, 4) is 17.4 Å². The van der Waals surface area contributed by atoms with Crippen molar-refractivity contribution in [3.05, 3.63) is 83.4 Å². The molecule has 0 fully saturated rings. The van der Waals surface area contributed by atoms with Gasteiger partial charge in [-0.3, -0.25) is 4.79 Å². The van der Waals surface area contributed by atoms with E-state index in [9.17, 15) is 9.90 Å². The normalized spacial score (nSPS) is 11.5. The van der Waals surface area contributed by atoms with E-state index in [1.165, 1.54) is 0 Å². The topological polar surface area (TPSA) is 110 Å². The monoisotopic (exact) mass is 415 g/mol. The molecule has 0 radical (unpaired) electrons. The van der Waals surface area contributed by atoms with Crippen LogP contribution in [-0.2, 0) is 0 Å². The molecule has 1 aromatic heterocycles. The first-order valence-electron chi connectivity index (χ1n) is 9.53. The standard InChI is InChI=1S/C24H21N3O4/c1-30-19-11-9-16(13-20(19)31-2)26-22(14-6-4-3-5-7-14)21-17-10-8-15(23(25)28)12-18(17)27-24(21)29/h3-13,27,29H,1-2H3,(H2,25,28). The molecule has 7 heteroatoms. The Balaban J connectivity index is 1.95. The van der Waals surface area contributed by atoms with Crippen LogP contribution in [0.2, 0.25) is 0 Å². The van der Waals surface area contributed by atoms with E-state index in [0.29, 0.717) is 44.9 Å². The summed E-state index contributed by atoms with van der Waals surface area (Å²) in [5, 5.41) is 11.5. The molecule has 0 aliphatic heterocycles. The van der Waals surface area contributed by atoms with Crippen molar-refractivity contribution in [2.24, 2.45) is 10.7 Å². The molecule has 31 heavy (non-hydrogen) atoms. The number of nitrogens with zero attached hydrogens (tertiary/aromatic N) is 1. The highest BCUT2D eigenvalue weighted by molar-refractivity contribution is 6.22. The molecule has 0 unspecified atom stereocenters. The van der Waals surface area contributed by atoms with E-state index in [1.807, 2.05) is 30.3 Å². The van der Waals surface area contributed by atoms with Crippen LogP contribution in [-0.4, -0.2) is 35.9 Å². The molecule has 156 valence electrons. The Morgan fingerprint density at radius 2 is 1.68 bits per heavy atom. The summed E-state index contributed by atoms with van der Waals surface area (Å²) in [5.41, 5.74) is 8.84. The summed E-state index contributed by atoms with van der Waals surface area (Å²) in [6.07, 6.45) is 0. The van der Waals surface area contributed by atoms with Gasteiger partial charge < -0.3 is 25.3 Å². The average molecular weight is 415 g/mol. The third-order valence-electron chi connectivity index (χ3n) is 4.96. The Kier molecular flexibility index (Phi) is 5.32. The SMILES string of the molecule is COc1ccc(N=C(c2ccccc2)c2c(O)[nH]c3cc(C(N)=O)ccc23)cc1OC. The zero-order chi connectivity index (χ0) is 22.0. The third kappa shape index (κ3) is 3.81. The summed E-state index contributed by atoms with van der Waals surface area (Å²) in [5.74, 6) is 0.543. The van der Waals surface area contributed by atoms with Crippen molar-refractivity contribution < 1.29 is 19.4 Å². The summed E-state index contributed by atoms with van der Waals surface area (Å²) < 4.78 is 10.7. The van der Waals surface area contributed by atoms with Gasteiger partial charge in [0.05, 0.1) is 31.2 Å². The van der Waals surface area contributed by atoms with E-state index < -0.39 is 5.91 Å². The van der Waals surface area contributed by atoms with Gasteiger partial charge in [0.15, 0.2) is 17.4 Å². The first kappa shape index (κ1) is 20.0. The quantitative estimate of drug-likeness (QED) is 0.411. The van der Waals surface area contributed by atoms with Crippen molar-refractivity contribution in [3.63, 3.8) is 0 Å². The Morgan fingerprint density at radius 1 is 0.935 bits per heavy atom. The fourth-order valence-corrected chi connectivity index (χ4v) is 3.46. The smallest absolute Gasteiger partial charge is 0.248 e. The van der Waals surface area contributed by atoms with E-state index in [1.54, 1.807) is 50.6 Å². The van der Waals surface area contributed by atoms with Gasteiger partial charge in [-0.15, -0.1) is 0 Å². The van der Waals surface area contributed by atoms with Crippen LogP contribution in [0.25, 0.3) is 10.9 Å². The van der Waals surface area contributed by atoms with Crippen LogP contribution in [0.15, 0.2) is 71.7 Å². The lowest BCUT2D eigenvalue weighted by atomic mass is 10.00. The molecule has 0 spiro atoms. The van der Waals surface area contributed by atoms with Crippen molar-refractivity contribution in [1.82, 2.24) is 4.98 Å². The molecule has 1 amide bonds. The lowest BCUT2D eigenvalue weighted by molar-refractivity contribution is 0.100. The predicted octanol–water partition coefficient (Wildman–Crippen LogP) is 4.16. The number of aromatic amines is 1. The molecule has 0 saturated heterocycles. The maximum absolute atomic E-state index is 11.5. The number of aliphatic imine (C=N–C) groups is 1. The highest BCUT2D eigenvalue weighted by Gasteiger charge is 2.19. The lowest BCUT2D eigenvalue weighted by Crippen LogP contribution is -2.10. The number of carbonyl (C=O) groups excluding carboxylic acids is 1. The van der Waals surface area contributed by atoms with Gasteiger partial charge in [0.1, 0.15) is 0 Å². The molecule has 7 nitrogen and oxygen atoms in total. The number of rotatable bonds is 6. The highest BCUT2D eigenvalue weighted by atomic mass is 16.5. The minimum absolute atomic E-state index is 0.0558. The fraction of sp³-hybridized carbons (Fsp3) is 0.0833. The Labute approximate surface area is 178 Å². The molecular weight excluding hydrogens is 394 g/mol. The summed E-state index contributed by atoms with van der Waals surface area (Å²) >= 11 is 0. The minimum Gasteiger partial charge on any atom is -0.494 e. The molecule has 4 aromatic rings. The molecule has 4 N–H and O–H groups in total. The van der Waals surface area contributed by atoms with Crippen LogP contribution in [0, 0.1) is 0 Å². The second-order valence-corrected chi connectivity index (χ2v) is 6.84. The van der Waals surface area contributed by atoms with Crippen LogP contribution in [0.3, 0.4) is 0 Å². The van der Waals surface area contributed by atoms with Crippen LogP contribution in [0.1, 0.15) is 21.5 Å². The van der Waals surface area contributed by atoms with Crippen molar-refractivity contribution in [2.75, 3.05) is 14.2 Å². The summed E-state index contributed by atoms with van der Waals surface area (Å²) in [6.45, 7) is 0. The zero-order valence-corrected chi connectivity index (χ0v) is 17.0. The number of hydrogen-bond donors (Lipinski definition) is 3. The highest BCUT2D eigenvalue weighted by Crippen LogP contribution is 2.35. The molecular formula is C24H21N3O4. The number of aromatic nitrogens is 1. The van der Waals surface area contributed by atoms with Crippen LogP contribution in [0.4, 0.5) is 5.69 Å². The van der Waals surface area contributed by atoms with Gasteiger partial charge in [0.2, 0.25) is 5.91 Å². The lowest BCUT2D eigenvalue weighted by Gasteiger charge is -2.10. The molecule has 0 atom stereocenters. The number of nitrogens with one attached hydrogen (secondary N) is 1. The minimum atomic E-state index is -0.542. The molecule has 0 saturated carbocycles. The van der Waals surface area contributed by atoms with Crippen LogP contribution < -0.4 is 15.2 Å². The predicted molar refractivity (Wildman–Crippen MR) is 120 cm³/mol. The zero-order valence-electron chi connectivity index (χ0n) is 17.0. The molecule has 3 aromatic carbocycles. The number of hydrogen-bond acceptors (Lipinski definition) is 5. The number of nitrogens with two attached hydrogens (primary N) is 1. The Morgan fingerprint density at radius 3 is 2.35 bits per heavy atom. The van der Waals surface area contributed by atoms with E-state index >= 15 is 0 Å². The second-order valence-electron chi connectivity index (χ2n) is 6.84. The summed E-state index contributed by atoms with van der Waals surface area (Å²) in [7, 11) is 3.13. The van der Waals surface area contributed by atoms with Gasteiger partial charge in [-0.25, -0.2) is 4.99 Å². The molecule has 0 aliphatic carbocycles. The summed E-state index contributed by atoms with van der Waals surface area (Å²) in [4.78, 5) is 19.3. The number of amides is 1. The van der Waals surface area contributed by atoms with E-state index in [0.717, 1.165) is 5.56 Å². The van der Waals surface area contributed by atoms with E-state index in [4.69, 9.17) is 20.2 Å². The number of carbonyl (C=O) groups is 1. The summed E-state index contributed by atoms with van der Waals surface area (Å²) in [6, 6.07) is 19.9. The maximum Gasteiger partial charge on any atom is 0.248 e. The second kappa shape index (κ2) is 8.23. The van der Waals surface area contributed by atoms with Crippen LogP contribution >= 0.6 is 0 Å². The number of aromatic hydroxyl groups is 1. The van der Waals surface area contributed by atoms with Gasteiger partial charge in [0, 0.05) is 28.1 Å². The van der Waals surface area contributed by atoms with Gasteiger partial charge in [-0.1, -0.05) is 36.4 Å². The number of H-pyrrole nitrogens is 1. The molecule has 1 heterocycles. The van der Waals surface area contributed by atoms with E-state index in [-0.39, 0.29) is 5.88 Å². The molecule has 0 bridgehead atoms. The fourth-order valence-electron chi connectivity index (χ4n) is 3.46. The number of ether oxygens (including phenoxy) is 2. The number of fused-ring (bicyclic) bond motifs is 1. The van der Waals surface area contributed by atoms with Gasteiger partial charge in [0.25, 0.3) is 0 Å². The van der Waals surface area contributed by atoms with Crippen molar-refractivity contribution in [2.45, 2.75) is 0 Å². The third-order valence-corrected chi connectivity index (χ3v) is 4.96. The number of benzene rings is 3. The molecule has 0 aliphatic rings. The Hall–Kier alpha value is -4.26. The van der Waals surface area contributed by atoms with Gasteiger partial charge >= 0.3 is 0 Å². The van der Waals surface area contributed by atoms with Gasteiger partial charge in [-0.2, -0.15) is 0 Å². The number of methoxy groups -OCH3 is 2. The largest absolute Gasteiger partial charge is 0.494 e. The first-order chi connectivity index (χ1) is 15.0. The number of primary amides is 1. The van der Waals surface area contributed by atoms with Crippen molar-refractivity contribution in [1.29, 1.82) is 0 Å². The van der Waals surface area contributed by atoms with Gasteiger partial charge in [-0.05, 0) is 24.3 Å². The first-order valence-corrected chi connectivity index (χ1v) is 9.53. The molecule has 4 rings (SSSR count). The van der Waals surface area contributed by atoms with E-state index in [2.05, 4.69) is 4.98 Å². The van der Waals surface area contributed by atoms with Crippen molar-refractivity contribution >= 4 is 28.2 Å².